The van der Waals surface area contributed by atoms with Crippen LogP contribution in [-0.4, -0.2) is 46.8 Å². The van der Waals surface area contributed by atoms with Gasteiger partial charge < -0.3 is 10.1 Å². The average molecular weight is 475 g/mol. The highest BCUT2D eigenvalue weighted by atomic mass is 19.4. The molecule has 2 aromatic rings. The highest BCUT2D eigenvalue weighted by Gasteiger charge is 2.45. The standard InChI is InChI=1S/C22H16F3N3O6/c23-22(24,25)34-13-5-1-3-11(9-13)18(30)26-10-12-4-2-6-14-17(12)21(33)28(20(14)32)15-7-8-16(29)27-19(15)31/h1-6,9,15H,7-8,10H2,(H,26,30)(H,27,29,31). The van der Waals surface area contributed by atoms with Crippen LogP contribution in [0.5, 0.6) is 5.75 Å². The first-order chi connectivity index (χ1) is 16.0. The molecule has 2 N–H and O–H groups in total. The molecule has 1 saturated heterocycles. The summed E-state index contributed by atoms with van der Waals surface area (Å²) in [5.74, 6) is -3.97. The lowest BCUT2D eigenvalue weighted by molar-refractivity contribution is -0.274. The van der Waals surface area contributed by atoms with Gasteiger partial charge in [0.2, 0.25) is 11.8 Å². The van der Waals surface area contributed by atoms with Crippen LogP contribution in [0.3, 0.4) is 0 Å². The van der Waals surface area contributed by atoms with Crippen molar-refractivity contribution in [2.75, 3.05) is 0 Å². The number of nitrogens with one attached hydrogen (secondary N) is 2. The van der Waals surface area contributed by atoms with E-state index in [0.717, 1.165) is 17.0 Å². The van der Waals surface area contributed by atoms with Gasteiger partial charge >= 0.3 is 6.36 Å². The Kier molecular flexibility index (Phi) is 5.82. The molecule has 2 aromatic carbocycles. The largest absolute Gasteiger partial charge is 0.573 e. The van der Waals surface area contributed by atoms with E-state index >= 15 is 0 Å². The average Bonchev–Trinajstić information content (AvgIpc) is 3.02. The molecule has 5 amide bonds. The van der Waals surface area contributed by atoms with E-state index in [1.54, 1.807) is 0 Å². The molecule has 1 unspecified atom stereocenters. The maximum Gasteiger partial charge on any atom is 0.573 e. The number of benzene rings is 2. The summed E-state index contributed by atoms with van der Waals surface area (Å²) in [6.45, 7) is -0.214. The Bertz CT molecular complexity index is 1230. The number of nitrogens with zero attached hydrogens (tertiary/aromatic N) is 1. The Morgan fingerprint density at radius 3 is 2.53 bits per heavy atom. The molecule has 0 bridgehead atoms. The van der Waals surface area contributed by atoms with Crippen molar-refractivity contribution in [1.29, 1.82) is 0 Å². The molecule has 12 heteroatoms. The number of ether oxygens (including phenoxy) is 1. The van der Waals surface area contributed by atoms with Crippen molar-refractivity contribution in [2.45, 2.75) is 31.8 Å². The summed E-state index contributed by atoms with van der Waals surface area (Å²) in [4.78, 5) is 62.8. The summed E-state index contributed by atoms with van der Waals surface area (Å²) in [6, 6.07) is 7.73. The lowest BCUT2D eigenvalue weighted by atomic mass is 10.0. The summed E-state index contributed by atoms with van der Waals surface area (Å²) >= 11 is 0. The fraction of sp³-hybridized carbons (Fsp3) is 0.227. The van der Waals surface area contributed by atoms with Gasteiger partial charge in [-0.05, 0) is 36.2 Å². The quantitative estimate of drug-likeness (QED) is 0.638. The van der Waals surface area contributed by atoms with Crippen LogP contribution in [0.1, 0.15) is 49.5 Å². The van der Waals surface area contributed by atoms with Gasteiger partial charge in [0.05, 0.1) is 11.1 Å². The molecule has 0 radical (unpaired) electrons. The van der Waals surface area contributed by atoms with Crippen LogP contribution >= 0.6 is 0 Å². The summed E-state index contributed by atoms with van der Waals surface area (Å²) in [7, 11) is 0. The third-order valence-corrected chi connectivity index (χ3v) is 5.32. The van der Waals surface area contributed by atoms with Gasteiger partial charge in [-0.1, -0.05) is 18.2 Å². The number of halogens is 3. The first-order valence-electron chi connectivity index (χ1n) is 10.0. The lowest BCUT2D eigenvalue weighted by Crippen LogP contribution is -2.54. The van der Waals surface area contributed by atoms with E-state index in [1.807, 2.05) is 0 Å². The van der Waals surface area contributed by atoms with Gasteiger partial charge in [0.1, 0.15) is 11.8 Å². The van der Waals surface area contributed by atoms with E-state index in [9.17, 15) is 37.1 Å². The summed E-state index contributed by atoms with van der Waals surface area (Å²) in [6.07, 6.45) is -4.94. The minimum Gasteiger partial charge on any atom is -0.406 e. The second-order valence-corrected chi connectivity index (χ2v) is 7.55. The van der Waals surface area contributed by atoms with Crippen LogP contribution in [0.15, 0.2) is 42.5 Å². The number of imide groups is 2. The molecule has 34 heavy (non-hydrogen) atoms. The minimum absolute atomic E-state index is 0.00145. The van der Waals surface area contributed by atoms with Gasteiger partial charge in [-0.2, -0.15) is 0 Å². The molecule has 2 aliphatic rings. The highest BCUT2D eigenvalue weighted by molar-refractivity contribution is 6.24. The third-order valence-electron chi connectivity index (χ3n) is 5.32. The molecule has 1 fully saturated rings. The van der Waals surface area contributed by atoms with Crippen LogP contribution in [0.25, 0.3) is 0 Å². The molecule has 0 aliphatic carbocycles. The van der Waals surface area contributed by atoms with Crippen molar-refractivity contribution in [3.05, 3.63) is 64.7 Å². The number of hydrogen-bond donors (Lipinski definition) is 2. The summed E-state index contributed by atoms with van der Waals surface area (Å²) in [5.41, 5.74) is 0.220. The van der Waals surface area contributed by atoms with Gasteiger partial charge in [0, 0.05) is 18.5 Å². The van der Waals surface area contributed by atoms with Crippen LogP contribution in [0.4, 0.5) is 13.2 Å². The molecule has 9 nitrogen and oxygen atoms in total. The van der Waals surface area contributed by atoms with Crippen LogP contribution in [0, 0.1) is 0 Å². The van der Waals surface area contributed by atoms with Gasteiger partial charge in [-0.15, -0.1) is 13.2 Å². The maximum atomic E-state index is 13.1. The fourth-order valence-corrected chi connectivity index (χ4v) is 3.84. The Labute approximate surface area is 189 Å². The number of carbonyl (C=O) groups is 5. The van der Waals surface area contributed by atoms with E-state index in [-0.39, 0.29) is 41.6 Å². The Hall–Kier alpha value is -4.22. The van der Waals surface area contributed by atoms with Crippen LogP contribution in [-0.2, 0) is 16.1 Å². The molecule has 1 atom stereocenters. The molecule has 2 heterocycles. The highest BCUT2D eigenvalue weighted by Crippen LogP contribution is 2.30. The summed E-state index contributed by atoms with van der Waals surface area (Å²) in [5, 5.41) is 4.60. The molecular weight excluding hydrogens is 459 g/mol. The number of hydrogen-bond acceptors (Lipinski definition) is 6. The van der Waals surface area contributed by atoms with Crippen molar-refractivity contribution < 1.29 is 41.9 Å². The zero-order valence-electron chi connectivity index (χ0n) is 17.3. The van der Waals surface area contributed by atoms with Crippen molar-refractivity contribution in [1.82, 2.24) is 15.5 Å². The molecule has 4 rings (SSSR count). The number of alkyl halides is 3. The summed E-state index contributed by atoms with van der Waals surface area (Å²) < 4.78 is 41.1. The Balaban J connectivity index is 1.51. The fourth-order valence-electron chi connectivity index (χ4n) is 3.84. The monoisotopic (exact) mass is 475 g/mol. The molecule has 2 aliphatic heterocycles. The molecule has 0 aromatic heterocycles. The normalized spacial score (nSPS) is 18.0. The second kappa shape index (κ2) is 8.61. The zero-order chi connectivity index (χ0) is 24.6. The topological polar surface area (TPSA) is 122 Å². The SMILES string of the molecule is O=C1CCC(N2C(=O)c3cccc(CNC(=O)c4cccc(OC(F)(F)F)c4)c3C2=O)C(=O)N1. The number of rotatable bonds is 5. The number of carbonyl (C=O) groups excluding carboxylic acids is 5. The third kappa shape index (κ3) is 4.47. The van der Waals surface area contributed by atoms with E-state index in [0.29, 0.717) is 0 Å². The van der Waals surface area contributed by atoms with E-state index < -0.39 is 47.7 Å². The number of amides is 5. The van der Waals surface area contributed by atoms with Crippen LogP contribution < -0.4 is 15.4 Å². The maximum absolute atomic E-state index is 13.1. The first-order valence-corrected chi connectivity index (χ1v) is 10.0. The lowest BCUT2D eigenvalue weighted by Gasteiger charge is -2.27. The van der Waals surface area contributed by atoms with Gasteiger partial charge in [-0.25, -0.2) is 0 Å². The van der Waals surface area contributed by atoms with Crippen LogP contribution in [0.2, 0.25) is 0 Å². The van der Waals surface area contributed by atoms with Gasteiger partial charge in [0.25, 0.3) is 17.7 Å². The van der Waals surface area contributed by atoms with Crippen molar-refractivity contribution >= 4 is 29.5 Å². The van der Waals surface area contributed by atoms with E-state index in [1.165, 1.54) is 30.3 Å². The van der Waals surface area contributed by atoms with Crippen molar-refractivity contribution in [3.8, 4) is 5.75 Å². The molecule has 0 spiro atoms. The van der Waals surface area contributed by atoms with Crippen molar-refractivity contribution in [3.63, 3.8) is 0 Å². The molecule has 0 saturated carbocycles. The second-order valence-electron chi connectivity index (χ2n) is 7.55. The van der Waals surface area contributed by atoms with E-state index in [2.05, 4.69) is 15.4 Å². The zero-order valence-corrected chi connectivity index (χ0v) is 17.3. The molecule has 176 valence electrons. The smallest absolute Gasteiger partial charge is 0.406 e. The first kappa shape index (κ1) is 23.0. The predicted octanol–water partition coefficient (Wildman–Crippen LogP) is 1.92. The predicted molar refractivity (Wildman–Crippen MR) is 107 cm³/mol. The Morgan fingerprint density at radius 2 is 1.82 bits per heavy atom. The number of fused-ring (bicyclic) bond motifs is 1. The van der Waals surface area contributed by atoms with E-state index in [4.69, 9.17) is 0 Å². The van der Waals surface area contributed by atoms with Gasteiger partial charge in [0.15, 0.2) is 0 Å². The van der Waals surface area contributed by atoms with Gasteiger partial charge in [-0.3, -0.25) is 34.2 Å². The molecular formula is C22H16F3N3O6. The number of piperidine rings is 1. The van der Waals surface area contributed by atoms with Crippen molar-refractivity contribution in [2.24, 2.45) is 0 Å². The Morgan fingerprint density at radius 1 is 1.09 bits per heavy atom. The minimum atomic E-state index is -4.92.